The van der Waals surface area contributed by atoms with Crippen molar-refractivity contribution in [2.24, 2.45) is 0 Å². The molecule has 0 aliphatic heterocycles. The van der Waals surface area contributed by atoms with Crippen molar-refractivity contribution in [2.75, 3.05) is 5.32 Å². The van der Waals surface area contributed by atoms with E-state index in [9.17, 15) is 14.9 Å². The number of nitro groups is 1. The maximum Gasteiger partial charge on any atom is 0.270 e. The molecule has 0 unspecified atom stereocenters. The molecule has 144 valence electrons. The Morgan fingerprint density at radius 3 is 2.57 bits per heavy atom. The number of anilines is 1. The minimum atomic E-state index is -0.438. The lowest BCUT2D eigenvalue weighted by Crippen LogP contribution is -2.09. The Balaban J connectivity index is 1.34. The van der Waals surface area contributed by atoms with Crippen molar-refractivity contribution in [3.8, 4) is 21.7 Å². The van der Waals surface area contributed by atoms with Gasteiger partial charge in [0.05, 0.1) is 20.4 Å². The highest BCUT2D eigenvalue weighted by Gasteiger charge is 2.26. The number of nitro benzene ring substituents is 1. The number of aromatic nitrogens is 1. The van der Waals surface area contributed by atoms with Crippen LogP contribution < -0.4 is 5.32 Å². The first-order chi connectivity index (χ1) is 14.6. The molecule has 6 rings (SSSR count). The fraction of sp³-hybridized carbons (Fsp3) is 0. The molecule has 3 aromatic carbocycles. The number of hydrogen-bond donors (Lipinski definition) is 1. The van der Waals surface area contributed by atoms with Crippen molar-refractivity contribution in [2.45, 2.75) is 0 Å². The molecule has 2 aromatic heterocycles. The molecule has 0 saturated heterocycles. The van der Waals surface area contributed by atoms with Crippen LogP contribution in [0.2, 0.25) is 0 Å². The van der Waals surface area contributed by atoms with Gasteiger partial charge in [0.2, 0.25) is 0 Å². The van der Waals surface area contributed by atoms with Crippen LogP contribution in [-0.2, 0) is 0 Å². The first kappa shape index (κ1) is 17.3. The predicted octanol–water partition coefficient (Wildman–Crippen LogP) is 6.32. The molecule has 1 amide bonds. The molecule has 1 N–H and O–H groups in total. The predicted molar refractivity (Wildman–Crippen MR) is 120 cm³/mol. The third kappa shape index (κ3) is 2.47. The summed E-state index contributed by atoms with van der Waals surface area (Å²) in [5.41, 5.74) is 3.14. The maximum absolute atomic E-state index is 12.8. The molecule has 5 aromatic rings. The van der Waals surface area contributed by atoms with Gasteiger partial charge >= 0.3 is 0 Å². The number of carbonyl (C=O) groups is 1. The van der Waals surface area contributed by atoms with Gasteiger partial charge in [-0.15, -0.1) is 11.3 Å². The van der Waals surface area contributed by atoms with Gasteiger partial charge in [0, 0.05) is 33.3 Å². The van der Waals surface area contributed by atoms with Crippen LogP contribution in [0.4, 0.5) is 10.8 Å². The SMILES string of the molecule is O=C(Nc1nc2c(s1)-c1cccc3cccc-2c13)c1cc2cc([N+](=O)[O-])ccc2s1. The van der Waals surface area contributed by atoms with E-state index in [1.54, 1.807) is 12.1 Å². The van der Waals surface area contributed by atoms with Crippen LogP contribution in [0, 0.1) is 10.1 Å². The van der Waals surface area contributed by atoms with E-state index in [2.05, 4.69) is 34.6 Å². The Kier molecular flexibility index (Phi) is 3.56. The summed E-state index contributed by atoms with van der Waals surface area (Å²) in [6, 6.07) is 18.7. The molecule has 0 spiro atoms. The number of nitrogens with zero attached hydrogens (tertiary/aromatic N) is 2. The Hall–Kier alpha value is -3.62. The number of amides is 1. The summed E-state index contributed by atoms with van der Waals surface area (Å²) in [5, 5.41) is 17.5. The number of non-ortho nitro benzene ring substituents is 1. The second kappa shape index (κ2) is 6.19. The average Bonchev–Trinajstić information content (AvgIpc) is 3.42. The number of fused-ring (bicyclic) bond motifs is 4. The zero-order chi connectivity index (χ0) is 20.4. The molecule has 2 heterocycles. The molecular formula is C22H11N3O3S2. The molecule has 0 radical (unpaired) electrons. The number of thiazole rings is 1. The van der Waals surface area contributed by atoms with Crippen LogP contribution in [0.15, 0.2) is 60.7 Å². The summed E-state index contributed by atoms with van der Waals surface area (Å²) in [6.07, 6.45) is 0. The third-order valence-corrected chi connectivity index (χ3v) is 7.31. The van der Waals surface area contributed by atoms with Crippen LogP contribution in [0.3, 0.4) is 0 Å². The Morgan fingerprint density at radius 2 is 1.77 bits per heavy atom. The minimum Gasteiger partial charge on any atom is -0.297 e. The number of benzene rings is 3. The van der Waals surface area contributed by atoms with Crippen molar-refractivity contribution in [1.29, 1.82) is 0 Å². The fourth-order valence-corrected chi connectivity index (χ4v) is 5.83. The summed E-state index contributed by atoms with van der Waals surface area (Å²) < 4.78 is 0.827. The van der Waals surface area contributed by atoms with Crippen LogP contribution >= 0.6 is 22.7 Å². The van der Waals surface area contributed by atoms with E-state index in [4.69, 9.17) is 0 Å². The highest BCUT2D eigenvalue weighted by atomic mass is 32.1. The number of nitrogens with one attached hydrogen (secondary N) is 1. The highest BCUT2D eigenvalue weighted by molar-refractivity contribution is 7.21. The van der Waals surface area contributed by atoms with Crippen molar-refractivity contribution >= 4 is 60.3 Å². The van der Waals surface area contributed by atoms with E-state index in [1.807, 2.05) is 12.1 Å². The lowest BCUT2D eigenvalue weighted by atomic mass is 10.0. The Morgan fingerprint density at radius 1 is 0.967 bits per heavy atom. The second-order valence-electron chi connectivity index (χ2n) is 6.95. The van der Waals surface area contributed by atoms with Crippen LogP contribution in [-0.4, -0.2) is 15.8 Å². The lowest BCUT2D eigenvalue weighted by molar-refractivity contribution is -0.384. The van der Waals surface area contributed by atoms with Gasteiger partial charge in [0.25, 0.3) is 11.6 Å². The molecule has 0 fully saturated rings. The van der Waals surface area contributed by atoms with E-state index in [0.717, 1.165) is 26.4 Å². The van der Waals surface area contributed by atoms with E-state index >= 15 is 0 Å². The molecule has 6 nitrogen and oxygen atoms in total. The van der Waals surface area contributed by atoms with Crippen molar-refractivity contribution in [3.63, 3.8) is 0 Å². The van der Waals surface area contributed by atoms with Gasteiger partial charge < -0.3 is 0 Å². The minimum absolute atomic E-state index is 0.0106. The van der Waals surface area contributed by atoms with Crippen LogP contribution in [0.25, 0.3) is 42.6 Å². The maximum atomic E-state index is 12.8. The lowest BCUT2D eigenvalue weighted by Gasteiger charge is -2.02. The smallest absolute Gasteiger partial charge is 0.270 e. The summed E-state index contributed by atoms with van der Waals surface area (Å²) >= 11 is 2.76. The molecule has 0 saturated carbocycles. The van der Waals surface area contributed by atoms with Gasteiger partial charge in [-0.3, -0.25) is 20.2 Å². The number of thiophene rings is 1. The fourth-order valence-electron chi connectivity index (χ4n) is 3.88. The van der Waals surface area contributed by atoms with Gasteiger partial charge in [-0.2, -0.15) is 0 Å². The Labute approximate surface area is 177 Å². The van der Waals surface area contributed by atoms with Crippen LogP contribution in [0.5, 0.6) is 0 Å². The van der Waals surface area contributed by atoms with Crippen molar-refractivity contribution in [3.05, 3.63) is 75.7 Å². The highest BCUT2D eigenvalue weighted by Crippen LogP contribution is 2.50. The van der Waals surface area contributed by atoms with E-state index in [-0.39, 0.29) is 11.6 Å². The van der Waals surface area contributed by atoms with Crippen molar-refractivity contribution in [1.82, 2.24) is 4.98 Å². The van der Waals surface area contributed by atoms with Gasteiger partial charge in [-0.1, -0.05) is 47.7 Å². The summed E-state index contributed by atoms with van der Waals surface area (Å²) in [6.45, 7) is 0. The number of carbonyl (C=O) groups excluding carboxylic acids is 1. The number of hydrogen-bond acceptors (Lipinski definition) is 6. The summed E-state index contributed by atoms with van der Waals surface area (Å²) in [5.74, 6) is -0.266. The molecule has 8 heteroatoms. The van der Waals surface area contributed by atoms with Gasteiger partial charge in [-0.25, -0.2) is 4.98 Å². The monoisotopic (exact) mass is 429 g/mol. The van der Waals surface area contributed by atoms with E-state index in [0.29, 0.717) is 15.4 Å². The normalized spacial score (nSPS) is 11.7. The quantitative estimate of drug-likeness (QED) is 0.263. The molecular weight excluding hydrogens is 418 g/mol. The van der Waals surface area contributed by atoms with E-state index < -0.39 is 4.92 Å². The van der Waals surface area contributed by atoms with E-state index in [1.165, 1.54) is 45.6 Å². The molecule has 1 aliphatic carbocycles. The second-order valence-corrected chi connectivity index (χ2v) is 9.03. The first-order valence-corrected chi connectivity index (χ1v) is 10.7. The molecule has 0 bridgehead atoms. The first-order valence-electron chi connectivity index (χ1n) is 9.11. The summed E-state index contributed by atoms with van der Waals surface area (Å²) in [7, 11) is 0. The zero-order valence-electron chi connectivity index (χ0n) is 15.2. The molecule has 0 atom stereocenters. The Bertz CT molecular complexity index is 1480. The summed E-state index contributed by atoms with van der Waals surface area (Å²) in [4.78, 5) is 29.6. The number of rotatable bonds is 3. The standard InChI is InChI=1S/C22H11N3O3S2/c26-21(17-10-12-9-13(25(27)28)7-8-16(12)29-17)24-22-23-19-14-5-1-3-11-4-2-6-15(18(11)14)20(19)30-22/h1-10H,(H,23,24,26). The van der Waals surface area contributed by atoms with Crippen molar-refractivity contribution < 1.29 is 9.72 Å². The largest absolute Gasteiger partial charge is 0.297 e. The molecule has 30 heavy (non-hydrogen) atoms. The van der Waals surface area contributed by atoms with Gasteiger partial charge in [0.1, 0.15) is 0 Å². The van der Waals surface area contributed by atoms with Gasteiger partial charge in [0.15, 0.2) is 5.13 Å². The zero-order valence-corrected chi connectivity index (χ0v) is 16.8. The molecule has 1 aliphatic rings. The van der Waals surface area contributed by atoms with Gasteiger partial charge in [-0.05, 0) is 22.9 Å². The average molecular weight is 429 g/mol. The third-order valence-electron chi connectivity index (χ3n) is 5.19. The van der Waals surface area contributed by atoms with Crippen LogP contribution in [0.1, 0.15) is 9.67 Å². The topological polar surface area (TPSA) is 85.1 Å².